The van der Waals surface area contributed by atoms with Crippen molar-refractivity contribution in [1.82, 2.24) is 4.98 Å². The maximum absolute atomic E-state index is 13.2. The normalized spacial score (nSPS) is 19.3. The molecule has 1 N–H and O–H groups in total. The Morgan fingerprint density at radius 3 is 2.56 bits per heavy atom. The lowest BCUT2D eigenvalue weighted by molar-refractivity contribution is -0.132. The lowest BCUT2D eigenvalue weighted by atomic mass is 9.95. The molecule has 1 amide bonds. The summed E-state index contributed by atoms with van der Waals surface area (Å²) in [6.07, 6.45) is 1.55. The molecule has 0 aliphatic carbocycles. The molecule has 8 heteroatoms. The van der Waals surface area contributed by atoms with Crippen molar-refractivity contribution in [3.63, 3.8) is 0 Å². The van der Waals surface area contributed by atoms with Gasteiger partial charge in [0.15, 0.2) is 11.5 Å². The number of amides is 1. The summed E-state index contributed by atoms with van der Waals surface area (Å²) in [6.45, 7) is 0.829. The minimum absolute atomic E-state index is 0.0181. The molecule has 2 aromatic carbocycles. The summed E-state index contributed by atoms with van der Waals surface area (Å²) >= 11 is 3.45. The van der Waals surface area contributed by atoms with E-state index in [1.54, 1.807) is 48.7 Å². The quantitative estimate of drug-likeness (QED) is 0.334. The zero-order chi connectivity index (χ0) is 22.2. The molecule has 1 unspecified atom stereocenters. The van der Waals surface area contributed by atoms with E-state index in [4.69, 9.17) is 9.47 Å². The van der Waals surface area contributed by atoms with Crippen molar-refractivity contribution in [3.05, 3.63) is 88.0 Å². The average molecular weight is 493 g/mol. The highest BCUT2D eigenvalue weighted by atomic mass is 79.9. The Labute approximate surface area is 192 Å². The zero-order valence-electron chi connectivity index (χ0n) is 16.7. The minimum atomic E-state index is -0.851. The molecule has 1 aromatic heterocycles. The van der Waals surface area contributed by atoms with Crippen LogP contribution in [0, 0.1) is 0 Å². The van der Waals surface area contributed by atoms with Gasteiger partial charge in [0.05, 0.1) is 11.6 Å². The summed E-state index contributed by atoms with van der Waals surface area (Å²) in [7, 11) is 0. The number of aliphatic hydroxyl groups is 1. The Kier molecular flexibility index (Phi) is 5.14. The highest BCUT2D eigenvalue weighted by Gasteiger charge is 2.47. The minimum Gasteiger partial charge on any atom is -0.507 e. The summed E-state index contributed by atoms with van der Waals surface area (Å²) in [5, 5.41) is 11.2. The van der Waals surface area contributed by atoms with Gasteiger partial charge in [0.2, 0.25) is 0 Å². The maximum Gasteiger partial charge on any atom is 0.301 e. The van der Waals surface area contributed by atoms with Gasteiger partial charge in [0.25, 0.3) is 5.78 Å². The van der Waals surface area contributed by atoms with Crippen LogP contribution < -0.4 is 14.4 Å². The standard InChI is InChI=1S/C24H17BrN2O5/c25-16-5-3-4-14(12-16)21-20(23(29)24(30)27(21)19-6-1-2-9-26-19)22(28)15-7-8-17-18(13-15)32-11-10-31-17/h1-9,12-13,21,28H,10-11H2. The second-order valence-electron chi connectivity index (χ2n) is 7.27. The van der Waals surface area contributed by atoms with E-state index in [0.717, 1.165) is 4.47 Å². The molecule has 0 spiro atoms. The first-order valence-corrected chi connectivity index (χ1v) is 10.7. The molecule has 3 heterocycles. The molecule has 3 aromatic rings. The molecule has 160 valence electrons. The Bertz CT molecular complexity index is 1260. The number of carbonyl (C=O) groups is 2. The number of ether oxygens (including phenoxy) is 2. The number of ketones is 1. The largest absolute Gasteiger partial charge is 0.507 e. The predicted molar refractivity (Wildman–Crippen MR) is 121 cm³/mol. The number of aromatic nitrogens is 1. The Morgan fingerprint density at radius 2 is 1.81 bits per heavy atom. The van der Waals surface area contributed by atoms with E-state index in [1.165, 1.54) is 4.90 Å². The van der Waals surface area contributed by atoms with Gasteiger partial charge in [-0.05, 0) is 48.0 Å². The van der Waals surface area contributed by atoms with Crippen LogP contribution in [0.25, 0.3) is 5.76 Å². The zero-order valence-corrected chi connectivity index (χ0v) is 18.3. The van der Waals surface area contributed by atoms with E-state index in [9.17, 15) is 14.7 Å². The highest BCUT2D eigenvalue weighted by molar-refractivity contribution is 9.10. The summed E-state index contributed by atoms with van der Waals surface area (Å²) in [5.74, 6) is -0.478. The molecule has 1 saturated heterocycles. The van der Waals surface area contributed by atoms with Crippen LogP contribution in [0.1, 0.15) is 17.2 Å². The first-order chi connectivity index (χ1) is 15.5. The number of rotatable bonds is 3. The Hall–Kier alpha value is -3.65. The van der Waals surface area contributed by atoms with Gasteiger partial charge in [-0.3, -0.25) is 14.5 Å². The van der Waals surface area contributed by atoms with E-state index in [-0.39, 0.29) is 11.3 Å². The number of pyridine rings is 1. The predicted octanol–water partition coefficient (Wildman–Crippen LogP) is 4.24. The summed E-state index contributed by atoms with van der Waals surface area (Å²) < 4.78 is 11.9. The van der Waals surface area contributed by atoms with Crippen LogP contribution in [0.15, 0.2) is 76.9 Å². The van der Waals surface area contributed by atoms with Crippen LogP contribution in [0.5, 0.6) is 11.5 Å². The summed E-state index contributed by atoms with van der Waals surface area (Å²) in [4.78, 5) is 31.8. The van der Waals surface area contributed by atoms with Crippen molar-refractivity contribution in [2.24, 2.45) is 0 Å². The van der Waals surface area contributed by atoms with Crippen molar-refractivity contribution in [1.29, 1.82) is 0 Å². The Morgan fingerprint density at radius 1 is 1.00 bits per heavy atom. The molecule has 2 aliphatic rings. The SMILES string of the molecule is O=C1C(=O)N(c2ccccn2)C(c2cccc(Br)c2)C1=C(O)c1ccc2c(c1)OCCO2. The Balaban J connectivity index is 1.70. The number of hydrogen-bond acceptors (Lipinski definition) is 6. The van der Waals surface area contributed by atoms with Crippen molar-refractivity contribution in [3.8, 4) is 11.5 Å². The van der Waals surface area contributed by atoms with Gasteiger partial charge >= 0.3 is 5.91 Å². The molecule has 2 aliphatic heterocycles. The van der Waals surface area contributed by atoms with Crippen LogP contribution in [0.4, 0.5) is 5.82 Å². The second-order valence-corrected chi connectivity index (χ2v) is 8.19. The molecule has 5 rings (SSSR count). The number of halogens is 1. The van der Waals surface area contributed by atoms with Gasteiger partial charge in [-0.1, -0.05) is 34.1 Å². The van der Waals surface area contributed by atoms with E-state index >= 15 is 0 Å². The van der Waals surface area contributed by atoms with Crippen LogP contribution in [0.2, 0.25) is 0 Å². The molecular weight excluding hydrogens is 476 g/mol. The van der Waals surface area contributed by atoms with Crippen LogP contribution in [-0.2, 0) is 9.59 Å². The van der Waals surface area contributed by atoms with E-state index < -0.39 is 17.7 Å². The number of aliphatic hydroxyl groups excluding tert-OH is 1. The monoisotopic (exact) mass is 492 g/mol. The van der Waals surface area contributed by atoms with Crippen molar-refractivity contribution >= 4 is 39.2 Å². The number of nitrogens with zero attached hydrogens (tertiary/aromatic N) is 2. The molecule has 0 bridgehead atoms. The third-order valence-electron chi connectivity index (χ3n) is 5.32. The molecule has 0 saturated carbocycles. The summed E-state index contributed by atoms with van der Waals surface area (Å²) in [6, 6.07) is 16.4. The molecular formula is C24H17BrN2O5. The third kappa shape index (κ3) is 3.42. The fourth-order valence-electron chi connectivity index (χ4n) is 3.90. The van der Waals surface area contributed by atoms with Gasteiger partial charge in [0.1, 0.15) is 24.8 Å². The topological polar surface area (TPSA) is 89.0 Å². The second kappa shape index (κ2) is 8.12. The van der Waals surface area contributed by atoms with Crippen molar-refractivity contribution in [2.45, 2.75) is 6.04 Å². The number of Topliss-reactive ketones (excluding diaryl/α,β-unsaturated/α-hetero) is 1. The van der Waals surface area contributed by atoms with Crippen LogP contribution in [-0.4, -0.2) is 35.0 Å². The smallest absolute Gasteiger partial charge is 0.301 e. The van der Waals surface area contributed by atoms with Crippen molar-refractivity contribution < 1.29 is 24.2 Å². The number of fused-ring (bicyclic) bond motifs is 1. The lowest BCUT2D eigenvalue weighted by Gasteiger charge is -2.24. The first kappa shape index (κ1) is 20.3. The molecule has 1 atom stereocenters. The van der Waals surface area contributed by atoms with E-state index in [2.05, 4.69) is 20.9 Å². The fraction of sp³-hybridized carbons (Fsp3) is 0.125. The number of carbonyl (C=O) groups excluding carboxylic acids is 2. The first-order valence-electron chi connectivity index (χ1n) is 9.92. The fourth-order valence-corrected chi connectivity index (χ4v) is 4.32. The van der Waals surface area contributed by atoms with Crippen LogP contribution in [0.3, 0.4) is 0 Å². The summed E-state index contributed by atoms with van der Waals surface area (Å²) in [5.41, 5.74) is 0.993. The van der Waals surface area contributed by atoms with Gasteiger partial charge in [-0.15, -0.1) is 0 Å². The van der Waals surface area contributed by atoms with E-state index in [1.807, 2.05) is 18.2 Å². The number of benzene rings is 2. The molecule has 1 fully saturated rings. The molecule has 7 nitrogen and oxygen atoms in total. The van der Waals surface area contributed by atoms with Gasteiger partial charge < -0.3 is 14.6 Å². The maximum atomic E-state index is 13.2. The number of hydrogen-bond donors (Lipinski definition) is 1. The molecule has 0 radical (unpaired) electrons. The highest BCUT2D eigenvalue weighted by Crippen LogP contribution is 2.43. The van der Waals surface area contributed by atoms with E-state index in [0.29, 0.717) is 41.7 Å². The average Bonchev–Trinajstić information content (AvgIpc) is 3.09. The van der Waals surface area contributed by atoms with Gasteiger partial charge in [-0.25, -0.2) is 4.98 Å². The lowest BCUT2D eigenvalue weighted by Crippen LogP contribution is -2.30. The number of anilines is 1. The van der Waals surface area contributed by atoms with Crippen LogP contribution >= 0.6 is 15.9 Å². The molecule has 32 heavy (non-hydrogen) atoms. The van der Waals surface area contributed by atoms with Gasteiger partial charge in [0, 0.05) is 16.2 Å². The van der Waals surface area contributed by atoms with Gasteiger partial charge in [-0.2, -0.15) is 0 Å². The van der Waals surface area contributed by atoms with Crippen molar-refractivity contribution in [2.75, 3.05) is 18.1 Å². The third-order valence-corrected chi connectivity index (χ3v) is 5.81.